The van der Waals surface area contributed by atoms with Crippen molar-refractivity contribution in [1.29, 1.82) is 0 Å². The number of carbonyl (C=O) groups excluding carboxylic acids is 1. The number of carbonyl (C=O) groups is 1. The SMILES string of the molecule is C=CC(=O)[O][Ti+2][CH]1CCCC2=C1CC1=C2CCCC1.C[O-].C[O-]. The van der Waals surface area contributed by atoms with E-state index in [-0.39, 0.29) is 5.97 Å². The van der Waals surface area contributed by atoms with E-state index in [1.807, 2.05) is 0 Å². The summed E-state index contributed by atoms with van der Waals surface area (Å²) < 4.78 is 5.99. The summed E-state index contributed by atoms with van der Waals surface area (Å²) in [7, 11) is 1.50. The van der Waals surface area contributed by atoms with Gasteiger partial charge in [0, 0.05) is 0 Å². The van der Waals surface area contributed by atoms with Gasteiger partial charge < -0.3 is 10.2 Å². The Morgan fingerprint density at radius 1 is 1.13 bits per heavy atom. The molecule has 1 atom stereocenters. The van der Waals surface area contributed by atoms with Crippen LogP contribution >= 0.6 is 0 Å². The third-order valence-corrected chi connectivity index (χ3v) is 6.48. The molecule has 0 amide bonds. The fourth-order valence-corrected chi connectivity index (χ4v) is 5.35. The molecule has 0 fully saturated rings. The number of rotatable bonds is 3. The van der Waals surface area contributed by atoms with Crippen molar-refractivity contribution in [1.82, 2.24) is 0 Å². The Hall–Kier alpha value is -0.676. The van der Waals surface area contributed by atoms with Crippen LogP contribution in [-0.2, 0) is 27.7 Å². The van der Waals surface area contributed by atoms with Crippen LogP contribution < -0.4 is 10.2 Å². The van der Waals surface area contributed by atoms with Crippen molar-refractivity contribution in [2.24, 2.45) is 0 Å². The second kappa shape index (κ2) is 11.0. The van der Waals surface area contributed by atoms with Crippen molar-refractivity contribution in [3.8, 4) is 0 Å². The topological polar surface area (TPSA) is 72.4 Å². The van der Waals surface area contributed by atoms with Gasteiger partial charge in [-0.25, -0.2) is 0 Å². The summed E-state index contributed by atoms with van der Waals surface area (Å²) in [5, 5.41) is 16.5. The summed E-state index contributed by atoms with van der Waals surface area (Å²) in [5.74, 6) is -0.233. The zero-order chi connectivity index (χ0) is 17.2. The van der Waals surface area contributed by atoms with Crippen LogP contribution in [0.1, 0.15) is 51.4 Å². The molecular weight excluding hydrogens is 328 g/mol. The summed E-state index contributed by atoms with van der Waals surface area (Å²) >= 11 is -0.655. The molecule has 0 aromatic heterocycles. The van der Waals surface area contributed by atoms with Crippen molar-refractivity contribution in [3.05, 3.63) is 34.9 Å². The smallest absolute Gasteiger partial charge is 0.153 e. The molecule has 3 rings (SSSR count). The maximum atomic E-state index is 11.3. The molecule has 1 unspecified atom stereocenters. The summed E-state index contributed by atoms with van der Waals surface area (Å²) in [6.45, 7) is 3.47. The van der Waals surface area contributed by atoms with Crippen LogP contribution in [0.25, 0.3) is 0 Å². The van der Waals surface area contributed by atoms with E-state index >= 15 is 0 Å². The Balaban J connectivity index is 0.000000615. The first-order valence-electron chi connectivity index (χ1n) is 8.13. The minimum atomic E-state index is -0.655. The predicted octanol–water partition coefficient (Wildman–Crippen LogP) is 2.21. The molecular formula is C18H26O4Ti. The van der Waals surface area contributed by atoms with E-state index in [9.17, 15) is 4.79 Å². The summed E-state index contributed by atoms with van der Waals surface area (Å²) in [6.07, 6.45) is 11.6. The van der Waals surface area contributed by atoms with Crippen molar-refractivity contribution < 1.29 is 37.9 Å². The van der Waals surface area contributed by atoms with Crippen LogP contribution in [0.2, 0.25) is 4.22 Å². The molecule has 126 valence electrons. The Morgan fingerprint density at radius 3 is 2.48 bits per heavy atom. The minimum Gasteiger partial charge on any atom is -0.857 e. The van der Waals surface area contributed by atoms with E-state index in [1.54, 1.807) is 22.3 Å². The second-order valence-corrected chi connectivity index (χ2v) is 7.43. The van der Waals surface area contributed by atoms with E-state index in [4.69, 9.17) is 13.5 Å². The van der Waals surface area contributed by atoms with Gasteiger partial charge >= 0.3 is 124 Å². The summed E-state index contributed by atoms with van der Waals surface area (Å²) in [4.78, 5) is 11.3. The van der Waals surface area contributed by atoms with Gasteiger partial charge in [0.25, 0.3) is 0 Å². The van der Waals surface area contributed by atoms with Gasteiger partial charge in [0.1, 0.15) is 0 Å². The van der Waals surface area contributed by atoms with E-state index < -0.39 is 19.5 Å². The molecule has 0 saturated heterocycles. The van der Waals surface area contributed by atoms with Gasteiger partial charge in [-0.15, -0.1) is 0 Å². The Labute approximate surface area is 148 Å². The van der Waals surface area contributed by atoms with Crippen molar-refractivity contribution in [2.45, 2.75) is 55.6 Å². The third-order valence-electron chi connectivity index (χ3n) is 4.55. The van der Waals surface area contributed by atoms with Crippen molar-refractivity contribution in [3.63, 3.8) is 0 Å². The first-order chi connectivity index (χ1) is 11.3. The molecule has 0 spiro atoms. The molecule has 0 aromatic rings. The molecule has 0 aromatic carbocycles. The van der Waals surface area contributed by atoms with E-state index in [2.05, 4.69) is 6.58 Å². The number of hydrogen-bond acceptors (Lipinski definition) is 4. The van der Waals surface area contributed by atoms with Crippen LogP contribution in [-0.4, -0.2) is 20.2 Å². The minimum absolute atomic E-state index is 0.233. The van der Waals surface area contributed by atoms with Crippen LogP contribution in [0.15, 0.2) is 34.9 Å². The van der Waals surface area contributed by atoms with Gasteiger partial charge in [-0.3, -0.25) is 0 Å². The van der Waals surface area contributed by atoms with Gasteiger partial charge in [0.15, 0.2) is 0 Å². The monoisotopic (exact) mass is 354 g/mol. The Morgan fingerprint density at radius 2 is 1.78 bits per heavy atom. The fourth-order valence-electron chi connectivity index (χ4n) is 3.66. The molecule has 3 aliphatic rings. The third kappa shape index (κ3) is 5.15. The quantitative estimate of drug-likeness (QED) is 0.575. The molecule has 5 heteroatoms. The summed E-state index contributed by atoms with van der Waals surface area (Å²) in [6, 6.07) is 0. The van der Waals surface area contributed by atoms with Gasteiger partial charge in [0.05, 0.1) is 0 Å². The Bertz CT molecular complexity index is 479. The molecule has 0 bridgehead atoms. The average molecular weight is 354 g/mol. The zero-order valence-electron chi connectivity index (χ0n) is 14.2. The van der Waals surface area contributed by atoms with Crippen molar-refractivity contribution in [2.75, 3.05) is 14.2 Å². The normalized spacial score (nSPS) is 21.7. The summed E-state index contributed by atoms with van der Waals surface area (Å²) in [5.41, 5.74) is 6.73. The van der Waals surface area contributed by atoms with Gasteiger partial charge in [0.2, 0.25) is 0 Å². The second-order valence-electron chi connectivity index (χ2n) is 5.66. The zero-order valence-corrected chi connectivity index (χ0v) is 15.7. The van der Waals surface area contributed by atoms with Crippen LogP contribution in [0.4, 0.5) is 0 Å². The first kappa shape index (κ1) is 20.4. The van der Waals surface area contributed by atoms with E-state index in [0.717, 1.165) is 14.2 Å². The molecule has 0 saturated carbocycles. The van der Waals surface area contributed by atoms with E-state index in [1.165, 1.54) is 57.4 Å². The first-order valence-corrected chi connectivity index (χ1v) is 9.67. The molecule has 0 radical (unpaired) electrons. The molecule has 3 aliphatic carbocycles. The van der Waals surface area contributed by atoms with Crippen LogP contribution in [0, 0.1) is 0 Å². The van der Waals surface area contributed by atoms with E-state index in [0.29, 0.717) is 4.22 Å². The van der Waals surface area contributed by atoms with Gasteiger partial charge in [-0.2, -0.15) is 14.2 Å². The fraction of sp³-hybridized carbons (Fsp3) is 0.611. The Kier molecular flexibility index (Phi) is 9.72. The maximum absolute atomic E-state index is 11.3. The van der Waals surface area contributed by atoms with Crippen LogP contribution in [0.3, 0.4) is 0 Å². The van der Waals surface area contributed by atoms with Crippen molar-refractivity contribution >= 4 is 5.97 Å². The standard InChI is InChI=1S/C13H17.C3H4O2.2CH3O.Ti/c1-3-7-12-10(5-1)9-11-6-2-4-8-13(11)12;1-2-3(4)5;2*1-2;/h5H,1-4,6-9H2;2H,1H2,(H,4,5);2*1H3;/q;;2*-1;+3/p-1. The van der Waals surface area contributed by atoms with Crippen LogP contribution in [0.5, 0.6) is 0 Å². The number of hydrogen-bond donors (Lipinski definition) is 0. The number of allylic oxidation sites excluding steroid dienone is 4. The average Bonchev–Trinajstić information content (AvgIpc) is 3.02. The molecule has 0 N–H and O–H groups in total. The maximum Gasteiger partial charge on any atom is -0.153 e. The molecule has 23 heavy (non-hydrogen) atoms. The molecule has 0 heterocycles. The van der Waals surface area contributed by atoms with Gasteiger partial charge in [-0.1, -0.05) is 0 Å². The molecule has 0 aliphatic heterocycles. The molecule has 4 nitrogen and oxygen atoms in total. The van der Waals surface area contributed by atoms with Gasteiger partial charge in [-0.05, 0) is 0 Å². The largest absolute Gasteiger partial charge is 0.857 e. The number of fused-ring (bicyclic) bond motifs is 1. The predicted molar refractivity (Wildman–Crippen MR) is 82.9 cm³/mol.